The molecule has 1 aromatic rings. The Labute approximate surface area is 142 Å². The van der Waals surface area contributed by atoms with E-state index < -0.39 is 27.1 Å². The predicted molar refractivity (Wildman–Crippen MR) is 90.3 cm³/mol. The Bertz CT molecular complexity index is 712. The van der Waals surface area contributed by atoms with E-state index in [1.165, 1.54) is 4.90 Å². The summed E-state index contributed by atoms with van der Waals surface area (Å²) in [6.45, 7) is 3.09. The standard InChI is InChI=1S/C17H23NO5S/c1-17(2,13-7-5-4-6-8-13)16(20)23-11-15(19)18(3)14-9-10-24(21,22)12-14/h4-8,14H,9-12H2,1-3H3. The summed E-state index contributed by atoms with van der Waals surface area (Å²) in [4.78, 5) is 25.9. The predicted octanol–water partition coefficient (Wildman–Crippen LogP) is 1.15. The van der Waals surface area contributed by atoms with Gasteiger partial charge in [0.2, 0.25) is 0 Å². The first-order chi connectivity index (χ1) is 11.1. The lowest BCUT2D eigenvalue weighted by atomic mass is 9.85. The molecule has 1 unspecified atom stereocenters. The van der Waals surface area contributed by atoms with Crippen molar-refractivity contribution in [2.75, 3.05) is 25.2 Å². The minimum atomic E-state index is -3.07. The maximum Gasteiger partial charge on any atom is 0.316 e. The molecule has 1 amide bonds. The molecule has 2 rings (SSSR count). The number of amides is 1. The van der Waals surface area contributed by atoms with Crippen LogP contribution in [0.5, 0.6) is 0 Å². The molecule has 24 heavy (non-hydrogen) atoms. The van der Waals surface area contributed by atoms with Gasteiger partial charge in [-0.1, -0.05) is 30.3 Å². The zero-order chi connectivity index (χ0) is 18.0. The van der Waals surface area contributed by atoms with Crippen molar-refractivity contribution in [1.29, 1.82) is 0 Å². The van der Waals surface area contributed by atoms with Crippen LogP contribution < -0.4 is 0 Å². The number of carbonyl (C=O) groups is 2. The summed E-state index contributed by atoms with van der Waals surface area (Å²) in [5.74, 6) is -0.821. The van der Waals surface area contributed by atoms with Crippen LogP contribution in [0.4, 0.5) is 0 Å². The molecule has 1 fully saturated rings. The van der Waals surface area contributed by atoms with Crippen molar-refractivity contribution in [2.45, 2.75) is 31.7 Å². The molecule has 0 N–H and O–H groups in total. The number of rotatable bonds is 5. The van der Waals surface area contributed by atoms with Gasteiger partial charge in [-0.15, -0.1) is 0 Å². The third kappa shape index (κ3) is 4.14. The molecule has 1 aromatic carbocycles. The molecule has 0 aliphatic carbocycles. The second-order valence-corrected chi connectivity index (χ2v) is 8.86. The molecule has 0 bridgehead atoms. The zero-order valence-electron chi connectivity index (χ0n) is 14.2. The van der Waals surface area contributed by atoms with Gasteiger partial charge in [-0.2, -0.15) is 0 Å². The summed E-state index contributed by atoms with van der Waals surface area (Å²) in [6, 6.07) is 8.85. The van der Waals surface area contributed by atoms with Crippen LogP contribution in [0.2, 0.25) is 0 Å². The molecule has 0 spiro atoms. The first-order valence-electron chi connectivity index (χ1n) is 7.82. The molecule has 1 heterocycles. The van der Waals surface area contributed by atoms with Crippen molar-refractivity contribution >= 4 is 21.7 Å². The quantitative estimate of drug-likeness (QED) is 0.742. The number of ether oxygens (including phenoxy) is 1. The number of nitrogens with zero attached hydrogens (tertiary/aromatic N) is 1. The fourth-order valence-electron chi connectivity index (χ4n) is 2.67. The Morgan fingerprint density at radius 2 is 1.88 bits per heavy atom. The first-order valence-corrected chi connectivity index (χ1v) is 9.64. The van der Waals surface area contributed by atoms with E-state index in [9.17, 15) is 18.0 Å². The molecular weight excluding hydrogens is 330 g/mol. The number of likely N-dealkylation sites (N-methyl/N-ethyl adjacent to an activating group) is 1. The molecular formula is C17H23NO5S. The second-order valence-electron chi connectivity index (χ2n) is 6.63. The van der Waals surface area contributed by atoms with Crippen molar-refractivity contribution in [2.24, 2.45) is 0 Å². The highest BCUT2D eigenvalue weighted by Gasteiger charge is 2.35. The van der Waals surface area contributed by atoms with Gasteiger partial charge in [0.25, 0.3) is 5.91 Å². The SMILES string of the molecule is CN(C(=O)COC(=O)C(C)(C)c1ccccc1)C1CCS(=O)(=O)C1. The highest BCUT2D eigenvalue weighted by molar-refractivity contribution is 7.91. The molecule has 1 aliphatic rings. The first kappa shape index (κ1) is 18.4. The van der Waals surface area contributed by atoms with E-state index in [4.69, 9.17) is 4.74 Å². The largest absolute Gasteiger partial charge is 0.455 e. The number of carbonyl (C=O) groups excluding carboxylic acids is 2. The van der Waals surface area contributed by atoms with E-state index in [2.05, 4.69) is 0 Å². The van der Waals surface area contributed by atoms with Crippen LogP contribution in [-0.4, -0.2) is 56.4 Å². The van der Waals surface area contributed by atoms with Crippen molar-refractivity contribution in [1.82, 2.24) is 4.90 Å². The third-order valence-electron chi connectivity index (χ3n) is 4.48. The van der Waals surface area contributed by atoms with E-state index in [0.29, 0.717) is 6.42 Å². The van der Waals surface area contributed by atoms with Gasteiger partial charge >= 0.3 is 5.97 Å². The van der Waals surface area contributed by atoms with Gasteiger partial charge in [0.05, 0.1) is 16.9 Å². The van der Waals surface area contributed by atoms with E-state index >= 15 is 0 Å². The lowest BCUT2D eigenvalue weighted by Crippen LogP contribution is -2.41. The van der Waals surface area contributed by atoms with Crippen LogP contribution in [0.25, 0.3) is 0 Å². The van der Waals surface area contributed by atoms with Crippen molar-refractivity contribution in [3.8, 4) is 0 Å². The average molecular weight is 353 g/mol. The third-order valence-corrected chi connectivity index (χ3v) is 6.23. The van der Waals surface area contributed by atoms with E-state index in [1.807, 2.05) is 30.3 Å². The van der Waals surface area contributed by atoms with Crippen LogP contribution in [0, 0.1) is 0 Å². The molecule has 6 nitrogen and oxygen atoms in total. The Hall–Kier alpha value is -1.89. The Kier molecular flexibility index (Phi) is 5.32. The van der Waals surface area contributed by atoms with E-state index in [1.54, 1.807) is 20.9 Å². The normalized spacial score (nSPS) is 19.7. The van der Waals surface area contributed by atoms with Crippen molar-refractivity contribution < 1.29 is 22.7 Å². The topological polar surface area (TPSA) is 80.8 Å². The van der Waals surface area contributed by atoms with Crippen LogP contribution in [0.1, 0.15) is 25.8 Å². The molecule has 1 saturated heterocycles. The number of hydrogen-bond donors (Lipinski definition) is 0. The minimum absolute atomic E-state index is 0.0291. The van der Waals surface area contributed by atoms with Gasteiger partial charge in [0, 0.05) is 13.1 Å². The Morgan fingerprint density at radius 3 is 2.42 bits per heavy atom. The maximum absolute atomic E-state index is 12.3. The Morgan fingerprint density at radius 1 is 1.25 bits per heavy atom. The summed E-state index contributed by atoms with van der Waals surface area (Å²) < 4.78 is 28.2. The monoisotopic (exact) mass is 353 g/mol. The van der Waals surface area contributed by atoms with Crippen LogP contribution in [0.15, 0.2) is 30.3 Å². The molecule has 0 aromatic heterocycles. The van der Waals surface area contributed by atoms with Crippen LogP contribution in [0.3, 0.4) is 0 Å². The molecule has 132 valence electrons. The van der Waals surface area contributed by atoms with Crippen LogP contribution in [-0.2, 0) is 29.6 Å². The lowest BCUT2D eigenvalue weighted by molar-refractivity contribution is -0.156. The van der Waals surface area contributed by atoms with E-state index in [0.717, 1.165) is 5.56 Å². The van der Waals surface area contributed by atoms with E-state index in [-0.39, 0.29) is 24.2 Å². The zero-order valence-corrected chi connectivity index (χ0v) is 15.0. The summed E-state index contributed by atoms with van der Waals surface area (Å²) >= 11 is 0. The number of esters is 1. The Balaban J connectivity index is 1.93. The smallest absolute Gasteiger partial charge is 0.316 e. The van der Waals surface area contributed by atoms with Crippen LogP contribution >= 0.6 is 0 Å². The number of sulfone groups is 1. The number of hydrogen-bond acceptors (Lipinski definition) is 5. The second kappa shape index (κ2) is 6.93. The minimum Gasteiger partial charge on any atom is -0.455 e. The van der Waals surface area contributed by atoms with Crippen molar-refractivity contribution in [3.05, 3.63) is 35.9 Å². The number of benzene rings is 1. The van der Waals surface area contributed by atoms with Gasteiger partial charge in [-0.25, -0.2) is 8.42 Å². The van der Waals surface area contributed by atoms with Gasteiger partial charge in [-0.05, 0) is 25.8 Å². The fourth-order valence-corrected chi connectivity index (χ4v) is 4.44. The van der Waals surface area contributed by atoms with Gasteiger partial charge < -0.3 is 9.64 Å². The molecule has 7 heteroatoms. The highest BCUT2D eigenvalue weighted by atomic mass is 32.2. The van der Waals surface area contributed by atoms with Gasteiger partial charge in [0.1, 0.15) is 0 Å². The lowest BCUT2D eigenvalue weighted by Gasteiger charge is -2.26. The molecule has 0 saturated carbocycles. The highest BCUT2D eigenvalue weighted by Crippen LogP contribution is 2.24. The average Bonchev–Trinajstić information content (AvgIpc) is 2.92. The molecule has 1 aliphatic heterocycles. The fraction of sp³-hybridized carbons (Fsp3) is 0.529. The van der Waals surface area contributed by atoms with Gasteiger partial charge in [0.15, 0.2) is 16.4 Å². The summed E-state index contributed by atoms with van der Waals surface area (Å²) in [5.41, 5.74) is -0.0609. The molecule has 1 atom stereocenters. The molecule has 0 radical (unpaired) electrons. The van der Waals surface area contributed by atoms with Gasteiger partial charge in [-0.3, -0.25) is 9.59 Å². The summed E-state index contributed by atoms with van der Waals surface area (Å²) in [5, 5.41) is 0. The summed E-state index contributed by atoms with van der Waals surface area (Å²) in [6.07, 6.45) is 0.425. The maximum atomic E-state index is 12.3. The summed E-state index contributed by atoms with van der Waals surface area (Å²) in [7, 11) is -1.52. The van der Waals surface area contributed by atoms with Crippen molar-refractivity contribution in [3.63, 3.8) is 0 Å².